The maximum absolute atomic E-state index is 4.70. The van der Waals surface area contributed by atoms with Crippen molar-refractivity contribution in [1.82, 2.24) is 0 Å². The van der Waals surface area contributed by atoms with Crippen LogP contribution in [-0.4, -0.2) is 5.73 Å². The van der Waals surface area contributed by atoms with Gasteiger partial charge in [0.05, 0.1) is 0 Å². The summed E-state index contributed by atoms with van der Waals surface area (Å²) in [4.78, 5) is 0. The summed E-state index contributed by atoms with van der Waals surface area (Å²) in [6.07, 6.45) is 0. The molecule has 10 heterocycles. The molecule has 1 spiro atoms. The van der Waals surface area contributed by atoms with Crippen LogP contribution in [-0.2, 0) is 11.4 Å². The Hall–Kier alpha value is -1.38. The number of benzene rings is 4. The van der Waals surface area contributed by atoms with Crippen LogP contribution in [0.4, 0.5) is 0 Å². The van der Waals surface area contributed by atoms with Gasteiger partial charge in [0.25, 0.3) is 0 Å². The predicted octanol–water partition coefficient (Wildman–Crippen LogP) is 9.92. The third-order valence-electron chi connectivity index (χ3n) is 28.2. The van der Waals surface area contributed by atoms with Gasteiger partial charge in [-0.3, -0.25) is 0 Å². The van der Waals surface area contributed by atoms with Crippen molar-refractivity contribution in [2.75, 3.05) is 0 Å². The molecule has 226 valence electrons. The third kappa shape index (κ3) is 0.734. The van der Waals surface area contributed by atoms with E-state index in [4.69, 9.17) is 0 Å². The van der Waals surface area contributed by atoms with Crippen molar-refractivity contribution in [3.05, 3.63) is 117 Å². The first-order valence-corrected chi connectivity index (χ1v) is 34.8. The normalized spacial score (nSPS) is 54.2. The van der Waals surface area contributed by atoms with Gasteiger partial charge in [-0.25, -0.2) is 0 Å². The molecule has 0 N–H and O–H groups in total. The van der Waals surface area contributed by atoms with E-state index in [0.717, 1.165) is 0 Å². The summed E-state index contributed by atoms with van der Waals surface area (Å²) in [5, 5.41) is 7.21. The Labute approximate surface area is 254 Å². The SMILES string of the molecule is Cc1cccc(P(c2cccc(C)c2C)[C]23[CH]4[CH]5[CH]6[C]2(P(c2cccc(C)c2C)c2cccc(C)c2C)[Zr]54632789[CH]3[CH]2[CH]7[CH]8[CH]39)c1C. The van der Waals surface area contributed by atoms with E-state index < -0.39 is 27.2 Å². The van der Waals surface area contributed by atoms with E-state index >= 15 is 0 Å². The number of hydrogen-bond donors (Lipinski definition) is 0. The van der Waals surface area contributed by atoms with Gasteiger partial charge in [0.1, 0.15) is 0 Å². The molecule has 0 aliphatic carbocycles. The predicted molar refractivity (Wildman–Crippen MR) is 192 cm³/mol. The Morgan fingerprint density at radius 2 is 0.667 bits per heavy atom. The maximum atomic E-state index is 2.65. The van der Waals surface area contributed by atoms with Gasteiger partial charge in [-0.2, -0.15) is 0 Å². The third-order valence-corrected chi connectivity index (χ3v) is 147. The summed E-state index contributed by atoms with van der Waals surface area (Å²) in [6.45, 7) is 19.6. The second-order valence-corrected chi connectivity index (χ2v) is 80.7. The monoisotopic (exact) mass is 700 g/mol. The van der Waals surface area contributed by atoms with Crippen LogP contribution < -0.4 is 21.2 Å². The molecule has 4 aromatic carbocycles. The zero-order chi connectivity index (χ0) is 30.5. The van der Waals surface area contributed by atoms with Crippen LogP contribution in [0.15, 0.2) is 72.8 Å². The van der Waals surface area contributed by atoms with Crippen LogP contribution in [0.2, 0.25) is 29.0 Å². The Kier molecular flexibility index (Phi) is 2.27. The molecule has 10 saturated heterocycles. The summed E-state index contributed by atoms with van der Waals surface area (Å²) in [5.41, 5.74) is 12.6. The van der Waals surface area contributed by atoms with Gasteiger partial charge in [0, 0.05) is 0 Å². The first-order chi connectivity index (χ1) is 21.4. The summed E-state index contributed by atoms with van der Waals surface area (Å²) in [7, 11) is -0.815. The molecule has 14 rings (SSSR count). The van der Waals surface area contributed by atoms with Gasteiger partial charge in [0.2, 0.25) is 0 Å². The van der Waals surface area contributed by atoms with Crippen molar-refractivity contribution < 1.29 is 11.4 Å². The van der Waals surface area contributed by atoms with E-state index in [1.54, 1.807) is 43.5 Å². The molecule has 4 atom stereocenters. The fourth-order valence-corrected chi connectivity index (χ4v) is 311. The zero-order valence-electron chi connectivity index (χ0n) is 27.9. The van der Waals surface area contributed by atoms with Crippen molar-refractivity contribution in [3.63, 3.8) is 0 Å². The summed E-state index contributed by atoms with van der Waals surface area (Å²) < 4.78 is 11.7. The molecule has 0 bridgehead atoms. The first-order valence-electron chi connectivity index (χ1n) is 18.3. The molecular formula is C42H44P2Zr. The van der Waals surface area contributed by atoms with E-state index in [1.807, 2.05) is 0 Å². The van der Waals surface area contributed by atoms with Crippen LogP contribution in [0.25, 0.3) is 0 Å². The second kappa shape index (κ2) is 4.14. The quantitative estimate of drug-likeness (QED) is 0.176. The molecule has 0 aromatic heterocycles. The number of fused-ring (bicyclic) bond motifs is 10. The molecule has 10 fully saturated rings. The van der Waals surface area contributed by atoms with Gasteiger partial charge in [-0.05, 0) is 0 Å². The molecule has 3 heteroatoms. The molecule has 0 nitrogen and oxygen atoms in total. The summed E-state index contributed by atoms with van der Waals surface area (Å²) >= 11 is -4.70. The van der Waals surface area contributed by atoms with Gasteiger partial charge in [0.15, 0.2) is 0 Å². The Balaban J connectivity index is 1.17. The molecule has 0 radical (unpaired) electrons. The molecule has 45 heavy (non-hydrogen) atoms. The molecule has 10 aliphatic heterocycles. The Bertz CT molecular complexity index is 2330. The number of hydrogen-bond acceptors (Lipinski definition) is 0. The number of rotatable bonds is 6. The van der Waals surface area contributed by atoms with Crippen molar-refractivity contribution >= 4 is 37.1 Å². The molecule has 4 unspecified atom stereocenters. The van der Waals surface area contributed by atoms with Crippen molar-refractivity contribution in [3.8, 4) is 0 Å². The van der Waals surface area contributed by atoms with Crippen molar-refractivity contribution in [2.24, 2.45) is 0 Å². The minimum atomic E-state index is -4.70. The molecule has 10 aliphatic rings. The van der Waals surface area contributed by atoms with Crippen LogP contribution in [0.3, 0.4) is 0 Å². The molecular weight excluding hydrogens is 658 g/mol. The van der Waals surface area contributed by atoms with Gasteiger partial charge in [-0.1, -0.05) is 0 Å². The van der Waals surface area contributed by atoms with Crippen LogP contribution in [0, 0.1) is 55.4 Å². The summed E-state index contributed by atoms with van der Waals surface area (Å²) in [5.74, 6) is 0. The van der Waals surface area contributed by atoms with Crippen LogP contribution >= 0.6 is 15.8 Å². The van der Waals surface area contributed by atoms with Gasteiger partial charge < -0.3 is 0 Å². The zero-order valence-corrected chi connectivity index (χ0v) is 32.2. The van der Waals surface area contributed by atoms with Crippen molar-refractivity contribution in [1.29, 1.82) is 0 Å². The Morgan fingerprint density at radius 1 is 0.400 bits per heavy atom. The van der Waals surface area contributed by atoms with Crippen LogP contribution in [0.1, 0.15) is 44.5 Å². The molecule has 4 aromatic rings. The van der Waals surface area contributed by atoms with E-state index in [1.165, 1.54) is 51.3 Å². The van der Waals surface area contributed by atoms with E-state index in [9.17, 15) is 0 Å². The van der Waals surface area contributed by atoms with E-state index in [0.29, 0.717) is 5.73 Å². The first kappa shape index (κ1) is 24.7. The van der Waals surface area contributed by atoms with Gasteiger partial charge in [-0.15, -0.1) is 0 Å². The fourth-order valence-electron chi connectivity index (χ4n) is 30.4. The molecule has 0 saturated carbocycles. The Morgan fingerprint density at radius 3 is 0.889 bits per heavy atom. The molecule has 0 amide bonds. The average Bonchev–Trinajstić information content (AvgIpc) is 3.97. The average molecular weight is 702 g/mol. The van der Waals surface area contributed by atoms with E-state index in [2.05, 4.69) is 128 Å². The second-order valence-electron chi connectivity index (χ2n) is 22.3. The fraction of sp³-hybridized carbons (Fsp3) is 0.429. The number of aryl methyl sites for hydroxylation is 4. The standard InChI is InChI=1S/C37H39P2.C5H5.Zr/c1-24-14-9-18-32(28(24)5)38(33-19-10-15-25(2)29(33)6)36-22-13-23-37(36)39(34-20-11-16-26(3)30(34)7)35-21-12-17-27(4)31(35)8;1-2-4-5-3-1;/h9-23H,1-8H3;1-5H;. The van der Waals surface area contributed by atoms with Crippen molar-refractivity contribution in [2.45, 2.75) is 90.1 Å². The topological polar surface area (TPSA) is 0 Å². The minimum absolute atomic E-state index is 0.407. The van der Waals surface area contributed by atoms with Crippen LogP contribution in [0.5, 0.6) is 0 Å². The van der Waals surface area contributed by atoms with E-state index in [-0.39, 0.29) is 0 Å². The summed E-state index contributed by atoms with van der Waals surface area (Å²) in [6, 6.07) is 30.0. The van der Waals surface area contributed by atoms with Gasteiger partial charge >= 0.3 is 256 Å².